The summed E-state index contributed by atoms with van der Waals surface area (Å²) in [4.78, 5) is 36.3. The van der Waals surface area contributed by atoms with E-state index in [2.05, 4.69) is 162 Å². The summed E-state index contributed by atoms with van der Waals surface area (Å²) in [6, 6.07) is 75.1. The molecule has 358 valence electrons. The molecule has 2 heterocycles. The van der Waals surface area contributed by atoms with Crippen LogP contribution in [0.4, 0.5) is 34.6 Å². The Morgan fingerprint density at radius 2 is 0.608 bits per heavy atom. The highest BCUT2D eigenvalue weighted by Gasteiger charge is 2.27. The Kier molecular flexibility index (Phi) is 12.9. The summed E-state index contributed by atoms with van der Waals surface area (Å²) in [5, 5.41) is 0. The van der Waals surface area contributed by atoms with E-state index in [0.29, 0.717) is 35.2 Å². The van der Waals surface area contributed by atoms with Crippen LogP contribution in [0.2, 0.25) is 0 Å². The van der Waals surface area contributed by atoms with Crippen molar-refractivity contribution in [3.8, 4) is 67.8 Å². The number of rotatable bonds is 12. The van der Waals surface area contributed by atoms with Crippen LogP contribution in [0.1, 0.15) is 33.4 Å². The average Bonchev–Trinajstić information content (AvgIpc) is 3.43. The Morgan fingerprint density at radius 3 is 1.09 bits per heavy atom. The molecule has 74 heavy (non-hydrogen) atoms. The highest BCUT2D eigenvalue weighted by Crippen LogP contribution is 2.44. The molecular formula is C66H54N8. The predicted molar refractivity (Wildman–Crippen MR) is 304 cm³/mol. The van der Waals surface area contributed by atoms with Crippen LogP contribution in [0.5, 0.6) is 0 Å². The molecule has 2 aromatic heterocycles. The Hall–Kier alpha value is -9.40. The molecule has 0 atom stereocenters. The summed E-state index contributed by atoms with van der Waals surface area (Å²) < 4.78 is 0. The predicted octanol–water partition coefficient (Wildman–Crippen LogP) is 16.8. The van der Waals surface area contributed by atoms with E-state index in [1.165, 1.54) is 33.4 Å². The minimum absolute atomic E-state index is 0.339. The summed E-state index contributed by atoms with van der Waals surface area (Å²) in [5.41, 5.74) is 18.8. The first-order valence-corrected chi connectivity index (χ1v) is 24.9. The number of nitrogens with zero attached hydrogens (tertiary/aromatic N) is 8. The Bertz CT molecular complexity index is 3680. The molecule has 0 radical (unpaired) electrons. The first-order valence-electron chi connectivity index (χ1n) is 24.9. The quantitative estimate of drug-likeness (QED) is 0.120. The van der Waals surface area contributed by atoms with E-state index in [4.69, 9.17) is 29.9 Å². The molecule has 0 aliphatic heterocycles. The van der Waals surface area contributed by atoms with Crippen LogP contribution in [0.25, 0.3) is 67.8 Å². The van der Waals surface area contributed by atoms with Crippen LogP contribution in [-0.4, -0.2) is 29.9 Å². The first kappa shape index (κ1) is 47.0. The van der Waals surface area contributed by atoms with Gasteiger partial charge >= 0.3 is 0 Å². The third-order valence-electron chi connectivity index (χ3n) is 13.3. The smallest absolute Gasteiger partial charge is 0.241 e. The van der Waals surface area contributed by atoms with Crippen molar-refractivity contribution in [1.82, 2.24) is 29.9 Å². The molecule has 0 N–H and O–H groups in total. The van der Waals surface area contributed by atoms with Crippen LogP contribution >= 0.6 is 0 Å². The first-order chi connectivity index (χ1) is 36.1. The lowest BCUT2D eigenvalue weighted by molar-refractivity contribution is 0.964. The van der Waals surface area contributed by atoms with Crippen LogP contribution in [0, 0.1) is 41.5 Å². The second-order valence-corrected chi connectivity index (χ2v) is 18.8. The Labute approximate surface area is 433 Å². The maximum Gasteiger partial charge on any atom is 0.241 e. The van der Waals surface area contributed by atoms with E-state index >= 15 is 0 Å². The standard InChI is InChI=1S/C66H54N8/c1-43-38-45(3)59(46(4)39-43)73(60-47(5)40-44(2)41-48(60)6)55-34-36-56(37-35-55)74(65-69-61(51-26-15-9-16-27-51)67-63(71-65)54-31-21-30-53(42-54)49-22-11-7-12-23-49)66-70-62(52-28-17-10-18-29-52)68-64(72-66)58-33-20-19-32-57(58)50-24-13-8-14-25-50/h7-42H,1-6H3. The van der Waals surface area contributed by atoms with Crippen LogP contribution in [0.15, 0.2) is 218 Å². The zero-order valence-electron chi connectivity index (χ0n) is 42.4. The van der Waals surface area contributed by atoms with Crippen LogP contribution in [0.3, 0.4) is 0 Å². The molecule has 0 saturated carbocycles. The zero-order valence-corrected chi connectivity index (χ0v) is 42.4. The van der Waals surface area contributed by atoms with Gasteiger partial charge in [0.2, 0.25) is 11.9 Å². The Morgan fingerprint density at radius 1 is 0.257 bits per heavy atom. The van der Waals surface area contributed by atoms with Crippen molar-refractivity contribution in [2.45, 2.75) is 41.5 Å². The largest absolute Gasteiger partial charge is 0.309 e. The third-order valence-corrected chi connectivity index (χ3v) is 13.3. The molecule has 0 aliphatic rings. The van der Waals surface area contributed by atoms with Crippen molar-refractivity contribution in [3.63, 3.8) is 0 Å². The molecule has 0 amide bonds. The van der Waals surface area contributed by atoms with Crippen molar-refractivity contribution in [2.75, 3.05) is 9.80 Å². The fourth-order valence-corrected chi connectivity index (χ4v) is 10.1. The molecule has 0 spiro atoms. The lowest BCUT2D eigenvalue weighted by Crippen LogP contribution is -2.19. The van der Waals surface area contributed by atoms with E-state index in [1.54, 1.807) is 0 Å². The summed E-state index contributed by atoms with van der Waals surface area (Å²) in [7, 11) is 0. The van der Waals surface area contributed by atoms with Gasteiger partial charge < -0.3 is 4.90 Å². The van der Waals surface area contributed by atoms with Gasteiger partial charge in [-0.05, 0) is 116 Å². The van der Waals surface area contributed by atoms with Gasteiger partial charge in [-0.25, -0.2) is 14.9 Å². The lowest BCUT2D eigenvalue weighted by Gasteiger charge is -2.32. The van der Waals surface area contributed by atoms with Crippen LogP contribution < -0.4 is 9.80 Å². The highest BCUT2D eigenvalue weighted by molar-refractivity contribution is 5.86. The van der Waals surface area contributed by atoms with Crippen molar-refractivity contribution in [2.24, 2.45) is 0 Å². The number of benzene rings is 9. The maximum atomic E-state index is 5.44. The number of hydrogen-bond acceptors (Lipinski definition) is 8. The minimum Gasteiger partial charge on any atom is -0.309 e. The lowest BCUT2D eigenvalue weighted by atomic mass is 9.98. The van der Waals surface area contributed by atoms with Gasteiger partial charge in [0, 0.05) is 27.9 Å². The van der Waals surface area contributed by atoms with Crippen molar-refractivity contribution < 1.29 is 0 Å². The third kappa shape index (κ3) is 9.56. The van der Waals surface area contributed by atoms with Crippen molar-refractivity contribution in [3.05, 3.63) is 252 Å². The van der Waals surface area contributed by atoms with E-state index in [1.807, 2.05) is 108 Å². The van der Waals surface area contributed by atoms with E-state index in [0.717, 1.165) is 67.3 Å². The summed E-state index contributed by atoms with van der Waals surface area (Å²) in [6.07, 6.45) is 0. The van der Waals surface area contributed by atoms with Gasteiger partial charge in [-0.3, -0.25) is 0 Å². The number of aromatic nitrogens is 6. The fourth-order valence-electron chi connectivity index (χ4n) is 10.1. The van der Waals surface area contributed by atoms with Gasteiger partial charge in [-0.15, -0.1) is 0 Å². The topological polar surface area (TPSA) is 83.8 Å². The number of aryl methyl sites for hydroxylation is 6. The monoisotopic (exact) mass is 958 g/mol. The molecule has 8 heteroatoms. The SMILES string of the molecule is Cc1cc(C)c(N(c2ccc(N(c3nc(-c4ccccc4)nc(-c4cccc(-c5ccccc5)c4)n3)c3nc(-c4ccccc4)nc(-c4ccccc4-c4ccccc4)n3)cc2)c2c(C)cc(C)cc2C)c(C)c1. The van der Waals surface area contributed by atoms with Gasteiger partial charge in [0.15, 0.2) is 23.3 Å². The normalized spacial score (nSPS) is 11.1. The van der Waals surface area contributed by atoms with Crippen molar-refractivity contribution >= 4 is 34.6 Å². The molecule has 0 bridgehead atoms. The molecule has 0 unspecified atom stereocenters. The second kappa shape index (κ2) is 20.4. The molecule has 8 nitrogen and oxygen atoms in total. The molecule has 11 rings (SSSR count). The van der Waals surface area contributed by atoms with Gasteiger partial charge in [0.25, 0.3) is 0 Å². The van der Waals surface area contributed by atoms with Crippen molar-refractivity contribution in [1.29, 1.82) is 0 Å². The zero-order chi connectivity index (χ0) is 50.7. The molecule has 0 saturated heterocycles. The molecule has 11 aromatic rings. The van der Waals surface area contributed by atoms with Gasteiger partial charge in [-0.2, -0.15) is 19.9 Å². The van der Waals surface area contributed by atoms with E-state index in [9.17, 15) is 0 Å². The number of anilines is 6. The van der Waals surface area contributed by atoms with Gasteiger partial charge in [-0.1, -0.05) is 199 Å². The van der Waals surface area contributed by atoms with Crippen LogP contribution in [-0.2, 0) is 0 Å². The van der Waals surface area contributed by atoms with E-state index < -0.39 is 0 Å². The maximum absolute atomic E-state index is 5.44. The Balaban J connectivity index is 1.17. The van der Waals surface area contributed by atoms with E-state index in [-0.39, 0.29) is 0 Å². The molecular weight excluding hydrogens is 905 g/mol. The van der Waals surface area contributed by atoms with Gasteiger partial charge in [0.1, 0.15) is 0 Å². The molecule has 9 aromatic carbocycles. The summed E-state index contributed by atoms with van der Waals surface area (Å²) in [6.45, 7) is 13.1. The summed E-state index contributed by atoms with van der Waals surface area (Å²) >= 11 is 0. The minimum atomic E-state index is 0.339. The molecule has 0 aliphatic carbocycles. The summed E-state index contributed by atoms with van der Waals surface area (Å²) in [5.74, 6) is 2.69. The second-order valence-electron chi connectivity index (χ2n) is 18.8. The number of hydrogen-bond donors (Lipinski definition) is 0. The molecule has 0 fully saturated rings. The fraction of sp³-hybridized carbons (Fsp3) is 0.0909. The average molecular weight is 959 g/mol. The van der Waals surface area contributed by atoms with Gasteiger partial charge in [0.05, 0.1) is 17.1 Å². The highest BCUT2D eigenvalue weighted by atomic mass is 15.4.